The summed E-state index contributed by atoms with van der Waals surface area (Å²) in [7, 11) is 0. The smallest absolute Gasteiger partial charge is 0.360 e. The van der Waals surface area contributed by atoms with Crippen molar-refractivity contribution < 1.29 is 9.53 Å². The number of carbonyl (C=O) groups excluding carboxylic acids is 1. The number of hydrogen-bond donors (Lipinski definition) is 0. The summed E-state index contributed by atoms with van der Waals surface area (Å²) < 4.78 is 5.32. The molecule has 0 fully saturated rings. The lowest BCUT2D eigenvalue weighted by Gasteiger charge is -2.05. The van der Waals surface area contributed by atoms with E-state index in [1.807, 2.05) is 6.92 Å². The fraction of sp³-hybridized carbons (Fsp3) is 0.444. The Morgan fingerprint density at radius 2 is 2.13 bits per heavy atom. The second-order valence-electron chi connectivity index (χ2n) is 2.67. The SMILES string of the molecule is CCOC(=O)c1nc(Br)c(CC)nc1Cl. The van der Waals surface area contributed by atoms with Crippen LogP contribution in [0.3, 0.4) is 0 Å². The molecule has 1 aromatic heterocycles. The van der Waals surface area contributed by atoms with Gasteiger partial charge >= 0.3 is 5.97 Å². The summed E-state index contributed by atoms with van der Waals surface area (Å²) in [5, 5.41) is 0.0773. The van der Waals surface area contributed by atoms with Gasteiger partial charge in [0.2, 0.25) is 0 Å². The molecule has 1 heterocycles. The van der Waals surface area contributed by atoms with Crippen molar-refractivity contribution in [1.29, 1.82) is 0 Å². The Morgan fingerprint density at radius 3 is 2.67 bits per heavy atom. The number of ether oxygens (including phenoxy) is 1. The van der Waals surface area contributed by atoms with Crippen LogP contribution in [0.4, 0.5) is 0 Å². The largest absolute Gasteiger partial charge is 0.461 e. The molecular formula is C9H10BrClN2O2. The fourth-order valence-electron chi connectivity index (χ4n) is 0.981. The van der Waals surface area contributed by atoms with Gasteiger partial charge in [0.15, 0.2) is 10.8 Å². The normalized spacial score (nSPS) is 10.1. The van der Waals surface area contributed by atoms with E-state index in [9.17, 15) is 4.79 Å². The van der Waals surface area contributed by atoms with Crippen molar-refractivity contribution >= 4 is 33.5 Å². The van der Waals surface area contributed by atoms with E-state index in [0.717, 1.165) is 0 Å². The van der Waals surface area contributed by atoms with Gasteiger partial charge in [0, 0.05) is 0 Å². The minimum absolute atomic E-state index is 0.0441. The van der Waals surface area contributed by atoms with Crippen molar-refractivity contribution in [2.75, 3.05) is 6.61 Å². The van der Waals surface area contributed by atoms with E-state index in [0.29, 0.717) is 16.7 Å². The summed E-state index contributed by atoms with van der Waals surface area (Å²) in [5.74, 6) is -0.557. The van der Waals surface area contributed by atoms with Crippen LogP contribution >= 0.6 is 27.5 Å². The van der Waals surface area contributed by atoms with Gasteiger partial charge in [-0.1, -0.05) is 18.5 Å². The molecule has 0 aliphatic carbocycles. The monoisotopic (exact) mass is 292 g/mol. The summed E-state index contributed by atoms with van der Waals surface area (Å²) in [6.07, 6.45) is 0.691. The maximum atomic E-state index is 11.4. The molecule has 1 aromatic rings. The lowest BCUT2D eigenvalue weighted by atomic mass is 10.3. The number of aryl methyl sites for hydroxylation is 1. The Morgan fingerprint density at radius 1 is 1.47 bits per heavy atom. The van der Waals surface area contributed by atoms with Crippen LogP contribution in [0.15, 0.2) is 4.60 Å². The molecular weight excluding hydrogens is 283 g/mol. The van der Waals surface area contributed by atoms with Gasteiger partial charge in [-0.05, 0) is 29.3 Å². The summed E-state index contributed by atoms with van der Waals surface area (Å²) in [4.78, 5) is 19.4. The Balaban J connectivity index is 3.10. The highest BCUT2D eigenvalue weighted by molar-refractivity contribution is 9.10. The Kier molecular flexibility index (Phi) is 4.47. The maximum Gasteiger partial charge on any atom is 0.360 e. The molecule has 0 saturated carbocycles. The first-order valence-electron chi connectivity index (χ1n) is 4.49. The van der Waals surface area contributed by atoms with Gasteiger partial charge < -0.3 is 4.74 Å². The van der Waals surface area contributed by atoms with Gasteiger partial charge in [0.05, 0.1) is 12.3 Å². The molecule has 0 N–H and O–H groups in total. The van der Waals surface area contributed by atoms with Crippen LogP contribution in [-0.4, -0.2) is 22.5 Å². The molecule has 0 atom stereocenters. The number of esters is 1. The number of hydrogen-bond acceptors (Lipinski definition) is 4. The first kappa shape index (κ1) is 12.4. The Bertz CT molecular complexity index is 385. The molecule has 0 unspecified atom stereocenters. The lowest BCUT2D eigenvalue weighted by molar-refractivity contribution is 0.0519. The van der Waals surface area contributed by atoms with Gasteiger partial charge in [0.25, 0.3) is 0 Å². The summed E-state index contributed by atoms with van der Waals surface area (Å²) in [6, 6.07) is 0. The lowest BCUT2D eigenvalue weighted by Crippen LogP contribution is -2.10. The van der Waals surface area contributed by atoms with Crippen LogP contribution in [-0.2, 0) is 11.2 Å². The molecule has 0 spiro atoms. The molecule has 0 radical (unpaired) electrons. The summed E-state index contributed by atoms with van der Waals surface area (Å²) in [6.45, 7) is 3.92. The van der Waals surface area contributed by atoms with Crippen molar-refractivity contribution in [3.8, 4) is 0 Å². The molecule has 0 amide bonds. The van der Waals surface area contributed by atoms with E-state index >= 15 is 0 Å². The summed E-state index contributed by atoms with van der Waals surface area (Å²) in [5.41, 5.74) is 0.760. The second kappa shape index (κ2) is 5.42. The van der Waals surface area contributed by atoms with Crippen molar-refractivity contribution in [2.24, 2.45) is 0 Å². The predicted octanol–water partition coefficient (Wildman–Crippen LogP) is 2.63. The van der Waals surface area contributed by atoms with Gasteiger partial charge in [-0.25, -0.2) is 14.8 Å². The van der Waals surface area contributed by atoms with E-state index in [-0.39, 0.29) is 17.5 Å². The predicted molar refractivity (Wildman–Crippen MR) is 60.1 cm³/mol. The van der Waals surface area contributed by atoms with Gasteiger partial charge in [-0.15, -0.1) is 0 Å². The highest BCUT2D eigenvalue weighted by Crippen LogP contribution is 2.19. The topological polar surface area (TPSA) is 52.1 Å². The molecule has 15 heavy (non-hydrogen) atoms. The van der Waals surface area contributed by atoms with Crippen LogP contribution in [0.1, 0.15) is 30.0 Å². The molecule has 6 heteroatoms. The maximum absolute atomic E-state index is 11.4. The third-order valence-electron chi connectivity index (χ3n) is 1.68. The molecule has 0 aliphatic rings. The Hall–Kier alpha value is -0.680. The number of carbonyl (C=O) groups is 1. The van der Waals surface area contributed by atoms with E-state index < -0.39 is 5.97 Å². The molecule has 0 aliphatic heterocycles. The quantitative estimate of drug-likeness (QED) is 0.804. The first-order valence-corrected chi connectivity index (χ1v) is 5.66. The highest BCUT2D eigenvalue weighted by Gasteiger charge is 2.17. The number of aromatic nitrogens is 2. The van der Waals surface area contributed by atoms with E-state index in [1.165, 1.54) is 0 Å². The van der Waals surface area contributed by atoms with Crippen LogP contribution in [0.5, 0.6) is 0 Å². The molecule has 0 saturated heterocycles. The number of halogens is 2. The fourth-order valence-corrected chi connectivity index (χ4v) is 1.75. The third-order valence-corrected chi connectivity index (χ3v) is 2.58. The molecule has 0 bridgehead atoms. The van der Waals surface area contributed by atoms with Crippen molar-refractivity contribution in [2.45, 2.75) is 20.3 Å². The first-order chi connectivity index (χ1) is 7.10. The minimum Gasteiger partial charge on any atom is -0.461 e. The van der Waals surface area contributed by atoms with E-state index in [1.54, 1.807) is 6.92 Å². The van der Waals surface area contributed by atoms with Crippen LogP contribution in [0.2, 0.25) is 5.15 Å². The van der Waals surface area contributed by atoms with Crippen LogP contribution in [0.25, 0.3) is 0 Å². The van der Waals surface area contributed by atoms with Gasteiger partial charge in [0.1, 0.15) is 4.60 Å². The second-order valence-corrected chi connectivity index (χ2v) is 3.78. The standard InChI is InChI=1S/C9H10BrClN2O2/c1-3-5-7(10)13-6(8(11)12-5)9(14)15-4-2/h3-4H2,1-2H3. The van der Waals surface area contributed by atoms with Crippen LogP contribution < -0.4 is 0 Å². The minimum atomic E-state index is -0.557. The van der Waals surface area contributed by atoms with Gasteiger partial charge in [-0.3, -0.25) is 0 Å². The number of nitrogens with zero attached hydrogens (tertiary/aromatic N) is 2. The average Bonchev–Trinajstić information content (AvgIpc) is 2.21. The molecule has 0 aromatic carbocycles. The van der Waals surface area contributed by atoms with E-state index in [2.05, 4.69) is 25.9 Å². The molecule has 82 valence electrons. The van der Waals surface area contributed by atoms with Crippen LogP contribution in [0, 0.1) is 0 Å². The summed E-state index contributed by atoms with van der Waals surface area (Å²) >= 11 is 9.04. The van der Waals surface area contributed by atoms with Gasteiger partial charge in [-0.2, -0.15) is 0 Å². The van der Waals surface area contributed by atoms with Crippen molar-refractivity contribution in [3.63, 3.8) is 0 Å². The highest BCUT2D eigenvalue weighted by atomic mass is 79.9. The zero-order valence-electron chi connectivity index (χ0n) is 8.38. The molecule has 1 rings (SSSR count). The molecule has 4 nitrogen and oxygen atoms in total. The number of rotatable bonds is 3. The average molecular weight is 294 g/mol. The third kappa shape index (κ3) is 2.89. The van der Waals surface area contributed by atoms with Crippen molar-refractivity contribution in [1.82, 2.24) is 9.97 Å². The zero-order chi connectivity index (χ0) is 11.4. The van der Waals surface area contributed by atoms with E-state index in [4.69, 9.17) is 16.3 Å². The Labute approximate surface area is 101 Å². The van der Waals surface area contributed by atoms with Crippen molar-refractivity contribution in [3.05, 3.63) is 21.1 Å². The zero-order valence-corrected chi connectivity index (χ0v) is 10.7.